The van der Waals surface area contributed by atoms with Crippen molar-refractivity contribution in [2.75, 3.05) is 12.4 Å². The van der Waals surface area contributed by atoms with Gasteiger partial charge in [0.15, 0.2) is 0 Å². The molecule has 1 amide bonds. The molecule has 0 unspecified atom stereocenters. The van der Waals surface area contributed by atoms with Gasteiger partial charge in [0.2, 0.25) is 5.91 Å². The number of carbonyl (C=O) groups is 2. The van der Waals surface area contributed by atoms with Crippen molar-refractivity contribution in [2.24, 2.45) is 11.8 Å². The van der Waals surface area contributed by atoms with Crippen LogP contribution in [0, 0.1) is 11.8 Å². The molecule has 0 saturated heterocycles. The molecule has 2 atom stereocenters. The lowest BCUT2D eigenvalue weighted by atomic mass is 9.85. The van der Waals surface area contributed by atoms with Crippen LogP contribution in [-0.4, -0.2) is 19.0 Å². The van der Waals surface area contributed by atoms with Crippen LogP contribution in [0.4, 0.5) is 5.00 Å². The van der Waals surface area contributed by atoms with E-state index < -0.39 is 0 Å². The molecule has 0 aromatic carbocycles. The number of fused-ring (bicyclic) bond motifs is 1. The maximum atomic E-state index is 12.7. The van der Waals surface area contributed by atoms with Crippen LogP contribution in [0.5, 0.6) is 0 Å². The Morgan fingerprint density at radius 3 is 2.68 bits per heavy atom. The van der Waals surface area contributed by atoms with Gasteiger partial charge >= 0.3 is 5.97 Å². The molecule has 0 bridgehead atoms. The molecule has 1 aromatic heterocycles. The third-order valence-electron chi connectivity index (χ3n) is 5.34. The van der Waals surface area contributed by atoms with Gasteiger partial charge in [0, 0.05) is 10.8 Å². The average Bonchev–Trinajstić information content (AvgIpc) is 2.98. The average molecular weight is 366 g/mol. The zero-order valence-electron chi connectivity index (χ0n) is 15.9. The van der Waals surface area contributed by atoms with Gasteiger partial charge < -0.3 is 10.1 Å². The molecule has 0 spiro atoms. The minimum Gasteiger partial charge on any atom is -0.465 e. The minimum absolute atomic E-state index is 0.00738. The Bertz CT molecular complexity index is 608. The first-order valence-corrected chi connectivity index (χ1v) is 10.4. The quantitative estimate of drug-likeness (QED) is 0.644. The summed E-state index contributed by atoms with van der Waals surface area (Å²) in [7, 11) is 1.41. The SMILES string of the molecule is CCCC[C@@H](CC)C(=O)Nc1sc2c(c1C(=O)OC)CC[C@H](CC)C2. The summed E-state index contributed by atoms with van der Waals surface area (Å²) in [5.74, 6) is 0.386. The number of amides is 1. The van der Waals surface area contributed by atoms with Crippen LogP contribution >= 0.6 is 11.3 Å². The molecule has 140 valence electrons. The zero-order chi connectivity index (χ0) is 18.4. The molecule has 1 N–H and O–H groups in total. The summed E-state index contributed by atoms with van der Waals surface area (Å²) in [6, 6.07) is 0. The van der Waals surface area contributed by atoms with Crippen molar-refractivity contribution in [3.63, 3.8) is 0 Å². The molecule has 0 saturated carbocycles. The van der Waals surface area contributed by atoms with Gasteiger partial charge in [-0.2, -0.15) is 0 Å². The van der Waals surface area contributed by atoms with E-state index >= 15 is 0 Å². The molecule has 0 radical (unpaired) electrons. The second-order valence-corrected chi connectivity index (χ2v) is 8.06. The predicted molar refractivity (Wildman–Crippen MR) is 103 cm³/mol. The van der Waals surface area contributed by atoms with Gasteiger partial charge in [-0.3, -0.25) is 4.79 Å². The molecule has 1 heterocycles. The second kappa shape index (κ2) is 9.37. The summed E-state index contributed by atoms with van der Waals surface area (Å²) >= 11 is 1.57. The predicted octanol–water partition coefficient (Wildman–Crippen LogP) is 5.20. The van der Waals surface area contributed by atoms with Gasteiger partial charge in [0.1, 0.15) is 5.00 Å². The van der Waals surface area contributed by atoms with Crippen LogP contribution in [0.15, 0.2) is 0 Å². The summed E-state index contributed by atoms with van der Waals surface area (Å²) in [6.07, 6.45) is 8.02. The van der Waals surface area contributed by atoms with E-state index in [0.717, 1.165) is 56.9 Å². The summed E-state index contributed by atoms with van der Waals surface area (Å²) < 4.78 is 5.00. The van der Waals surface area contributed by atoms with Gasteiger partial charge in [-0.25, -0.2) is 4.79 Å². The zero-order valence-corrected chi connectivity index (χ0v) is 16.8. The highest BCUT2D eigenvalue weighted by atomic mass is 32.1. The van der Waals surface area contributed by atoms with E-state index in [-0.39, 0.29) is 17.8 Å². The third kappa shape index (κ3) is 4.63. The van der Waals surface area contributed by atoms with Crippen LogP contribution in [0.1, 0.15) is 80.1 Å². The number of thiophene rings is 1. The van der Waals surface area contributed by atoms with Crippen molar-refractivity contribution in [1.29, 1.82) is 0 Å². The molecule has 1 aliphatic rings. The highest BCUT2D eigenvalue weighted by molar-refractivity contribution is 7.17. The van der Waals surface area contributed by atoms with Crippen LogP contribution in [0.2, 0.25) is 0 Å². The van der Waals surface area contributed by atoms with Crippen molar-refractivity contribution in [3.05, 3.63) is 16.0 Å². The first-order chi connectivity index (χ1) is 12.0. The number of esters is 1. The minimum atomic E-state index is -0.329. The third-order valence-corrected chi connectivity index (χ3v) is 6.51. The number of methoxy groups -OCH3 is 1. The summed E-state index contributed by atoms with van der Waals surface area (Å²) in [5.41, 5.74) is 1.69. The fraction of sp³-hybridized carbons (Fsp3) is 0.700. The topological polar surface area (TPSA) is 55.4 Å². The summed E-state index contributed by atoms with van der Waals surface area (Å²) in [5, 5.41) is 3.74. The smallest absolute Gasteiger partial charge is 0.341 e. The molecule has 4 nitrogen and oxygen atoms in total. The van der Waals surface area contributed by atoms with Gasteiger partial charge in [-0.05, 0) is 43.6 Å². The highest BCUT2D eigenvalue weighted by Gasteiger charge is 2.30. The van der Waals surface area contributed by atoms with E-state index in [1.54, 1.807) is 11.3 Å². The number of nitrogens with one attached hydrogen (secondary N) is 1. The van der Waals surface area contributed by atoms with Gasteiger partial charge in [-0.1, -0.05) is 40.0 Å². The van der Waals surface area contributed by atoms with Crippen molar-refractivity contribution >= 4 is 28.2 Å². The molecule has 1 aromatic rings. The standard InChI is InChI=1S/C20H31NO3S/c1-5-8-9-14(7-3)18(22)21-19-17(20(23)24-4)15-11-10-13(6-2)12-16(15)25-19/h13-14H,5-12H2,1-4H3,(H,21,22)/t13-,14+/m0/s1. The molecule has 2 rings (SSSR count). The van der Waals surface area contributed by atoms with E-state index in [1.807, 2.05) is 6.92 Å². The van der Waals surface area contributed by atoms with E-state index in [2.05, 4.69) is 19.2 Å². The molecule has 0 aliphatic heterocycles. The molecule has 25 heavy (non-hydrogen) atoms. The normalized spacial score (nSPS) is 17.7. The maximum absolute atomic E-state index is 12.7. The second-order valence-electron chi connectivity index (χ2n) is 6.95. The Labute approximate surface area is 155 Å². The van der Waals surface area contributed by atoms with Gasteiger partial charge in [-0.15, -0.1) is 11.3 Å². The molecule has 0 fully saturated rings. The fourth-order valence-corrected chi connectivity index (χ4v) is 4.95. The molecular weight excluding hydrogens is 334 g/mol. The van der Waals surface area contributed by atoms with E-state index in [0.29, 0.717) is 16.5 Å². The highest BCUT2D eigenvalue weighted by Crippen LogP contribution is 2.41. The van der Waals surface area contributed by atoms with Crippen LogP contribution in [-0.2, 0) is 22.4 Å². The van der Waals surface area contributed by atoms with Crippen molar-refractivity contribution in [3.8, 4) is 0 Å². The molecular formula is C20H31NO3S. The van der Waals surface area contributed by atoms with Crippen LogP contribution < -0.4 is 5.32 Å². The summed E-state index contributed by atoms with van der Waals surface area (Å²) in [6.45, 7) is 6.40. The lowest BCUT2D eigenvalue weighted by molar-refractivity contribution is -0.120. The Kier molecular flexibility index (Phi) is 7.48. The molecule has 5 heteroatoms. The monoisotopic (exact) mass is 365 g/mol. The fourth-order valence-electron chi connectivity index (χ4n) is 3.59. The van der Waals surface area contributed by atoms with Crippen molar-refractivity contribution in [2.45, 2.75) is 72.1 Å². The number of rotatable bonds is 8. The Morgan fingerprint density at radius 2 is 2.08 bits per heavy atom. The first-order valence-electron chi connectivity index (χ1n) is 9.59. The van der Waals surface area contributed by atoms with E-state index in [4.69, 9.17) is 4.74 Å². The maximum Gasteiger partial charge on any atom is 0.341 e. The lowest BCUT2D eigenvalue weighted by Gasteiger charge is -2.20. The number of unbranched alkanes of at least 4 members (excludes halogenated alkanes) is 1. The van der Waals surface area contributed by atoms with Crippen LogP contribution in [0.3, 0.4) is 0 Å². The number of anilines is 1. The summed E-state index contributed by atoms with van der Waals surface area (Å²) in [4.78, 5) is 26.3. The van der Waals surface area contributed by atoms with Crippen LogP contribution in [0.25, 0.3) is 0 Å². The van der Waals surface area contributed by atoms with Crippen molar-refractivity contribution < 1.29 is 14.3 Å². The number of carbonyl (C=O) groups excluding carboxylic acids is 2. The van der Waals surface area contributed by atoms with E-state index in [9.17, 15) is 9.59 Å². The Balaban J connectivity index is 2.26. The lowest BCUT2D eigenvalue weighted by Crippen LogP contribution is -2.23. The molecule has 1 aliphatic carbocycles. The first kappa shape index (κ1) is 20.0. The van der Waals surface area contributed by atoms with E-state index in [1.165, 1.54) is 12.0 Å². The largest absolute Gasteiger partial charge is 0.465 e. The Hall–Kier alpha value is -1.36. The van der Waals surface area contributed by atoms with Gasteiger partial charge in [0.05, 0.1) is 12.7 Å². The number of hydrogen-bond donors (Lipinski definition) is 1. The number of hydrogen-bond acceptors (Lipinski definition) is 4. The van der Waals surface area contributed by atoms with Gasteiger partial charge in [0.25, 0.3) is 0 Å². The van der Waals surface area contributed by atoms with Crippen molar-refractivity contribution in [1.82, 2.24) is 0 Å². The Morgan fingerprint density at radius 1 is 1.32 bits per heavy atom. The number of ether oxygens (including phenoxy) is 1.